The van der Waals surface area contributed by atoms with Crippen LogP contribution in [-0.4, -0.2) is 41.2 Å². The third-order valence-electron chi connectivity index (χ3n) is 6.28. The number of benzene rings is 1. The minimum atomic E-state index is -3.87. The summed E-state index contributed by atoms with van der Waals surface area (Å²) in [6.07, 6.45) is 6.15. The van der Waals surface area contributed by atoms with Crippen molar-refractivity contribution in [2.75, 3.05) is 11.4 Å². The summed E-state index contributed by atoms with van der Waals surface area (Å²) in [7, 11) is -3.87. The zero-order chi connectivity index (χ0) is 25.3. The highest BCUT2D eigenvalue weighted by Crippen LogP contribution is 2.36. The van der Waals surface area contributed by atoms with Crippen LogP contribution in [0.15, 0.2) is 59.1 Å². The quantitative estimate of drug-likeness (QED) is 0.287. The highest BCUT2D eigenvalue weighted by atomic mass is 35.5. The molecule has 1 aliphatic heterocycles. The van der Waals surface area contributed by atoms with E-state index in [1.165, 1.54) is 21.7 Å². The van der Waals surface area contributed by atoms with Crippen molar-refractivity contribution in [2.45, 2.75) is 49.4 Å². The molecule has 0 radical (unpaired) electrons. The average Bonchev–Trinajstić information content (AvgIpc) is 3.54. The number of hydrogen-bond donors (Lipinski definition) is 0. The van der Waals surface area contributed by atoms with Gasteiger partial charge in [0, 0.05) is 18.9 Å². The first-order valence-corrected chi connectivity index (χ1v) is 15.2. The number of fused-ring (bicyclic) bond motifs is 1. The lowest BCUT2D eigenvalue weighted by Crippen LogP contribution is -2.52. The van der Waals surface area contributed by atoms with Crippen molar-refractivity contribution in [3.05, 3.63) is 70.3 Å². The number of thiophene rings is 1. The van der Waals surface area contributed by atoms with Crippen LogP contribution in [0.25, 0.3) is 10.2 Å². The summed E-state index contributed by atoms with van der Waals surface area (Å²) in [6.45, 7) is 2.62. The van der Waals surface area contributed by atoms with Gasteiger partial charge in [0.2, 0.25) is 5.91 Å². The van der Waals surface area contributed by atoms with Crippen molar-refractivity contribution in [3.8, 4) is 0 Å². The fourth-order valence-corrected chi connectivity index (χ4v) is 8.76. The Morgan fingerprint density at radius 1 is 1.17 bits per heavy atom. The molecule has 1 unspecified atom stereocenters. The average molecular weight is 561 g/mol. The number of halogens is 1. The molecular weight excluding hydrogens is 536 g/mol. The molecule has 7 nitrogen and oxygen atoms in total. The molecule has 11 heteroatoms. The highest BCUT2D eigenvalue weighted by molar-refractivity contribution is 7.91. The van der Waals surface area contributed by atoms with E-state index in [1.54, 1.807) is 23.4 Å². The molecule has 1 aliphatic rings. The van der Waals surface area contributed by atoms with Crippen LogP contribution in [0.2, 0.25) is 4.34 Å². The second-order valence-electron chi connectivity index (χ2n) is 8.59. The zero-order valence-corrected chi connectivity index (χ0v) is 22.8. The van der Waals surface area contributed by atoms with Gasteiger partial charge in [-0.15, -0.1) is 11.3 Å². The first kappa shape index (κ1) is 25.3. The van der Waals surface area contributed by atoms with Crippen molar-refractivity contribution in [1.29, 1.82) is 0 Å². The monoisotopic (exact) mass is 560 g/mol. The zero-order valence-electron chi connectivity index (χ0n) is 19.6. The van der Waals surface area contributed by atoms with E-state index in [0.717, 1.165) is 45.5 Å². The highest BCUT2D eigenvalue weighted by Gasteiger charge is 2.41. The molecule has 1 saturated heterocycles. The van der Waals surface area contributed by atoms with Crippen molar-refractivity contribution in [3.63, 3.8) is 0 Å². The van der Waals surface area contributed by atoms with Crippen LogP contribution in [0.5, 0.6) is 0 Å². The molecule has 36 heavy (non-hydrogen) atoms. The third kappa shape index (κ3) is 4.92. The predicted octanol–water partition coefficient (Wildman–Crippen LogP) is 5.75. The van der Waals surface area contributed by atoms with Gasteiger partial charge in [-0.05, 0) is 54.7 Å². The van der Waals surface area contributed by atoms with E-state index in [2.05, 4.69) is 11.9 Å². The number of carbonyl (C=O) groups is 1. The smallest absolute Gasteiger partial charge is 0.253 e. The van der Waals surface area contributed by atoms with Gasteiger partial charge in [0.15, 0.2) is 5.13 Å². The Kier molecular flexibility index (Phi) is 7.41. The molecule has 1 atom stereocenters. The van der Waals surface area contributed by atoms with Gasteiger partial charge in [0.25, 0.3) is 10.0 Å². The maximum absolute atomic E-state index is 14.2. The second kappa shape index (κ2) is 10.5. The number of nitrogens with zero attached hydrogens (tertiary/aromatic N) is 4. The van der Waals surface area contributed by atoms with Crippen molar-refractivity contribution < 1.29 is 13.2 Å². The topological polar surface area (TPSA) is 83.5 Å². The Bertz CT molecular complexity index is 1490. The van der Waals surface area contributed by atoms with Crippen molar-refractivity contribution in [2.24, 2.45) is 0 Å². The molecule has 3 aromatic heterocycles. The van der Waals surface area contributed by atoms with Crippen LogP contribution in [-0.2, 0) is 27.8 Å². The molecule has 0 saturated carbocycles. The number of anilines is 1. The van der Waals surface area contributed by atoms with Crippen LogP contribution in [0.4, 0.5) is 5.13 Å². The SMILES string of the molecule is CCc1cccc2sc(N(Cc3cccnc3)C(=O)C3CCCCN3S(=O)(=O)c3ccc(Cl)s3)nc12. The van der Waals surface area contributed by atoms with E-state index in [9.17, 15) is 13.2 Å². The van der Waals surface area contributed by atoms with E-state index >= 15 is 0 Å². The molecule has 1 amide bonds. The van der Waals surface area contributed by atoms with E-state index in [1.807, 2.05) is 30.3 Å². The third-order valence-corrected chi connectivity index (χ3v) is 10.9. The second-order valence-corrected chi connectivity index (χ2v) is 13.4. The predicted molar refractivity (Wildman–Crippen MR) is 145 cm³/mol. The molecule has 0 aliphatic carbocycles. The van der Waals surface area contributed by atoms with Gasteiger partial charge in [-0.25, -0.2) is 13.4 Å². The molecule has 4 aromatic rings. The summed E-state index contributed by atoms with van der Waals surface area (Å²) in [4.78, 5) is 24.9. The number of rotatable bonds is 7. The van der Waals surface area contributed by atoms with E-state index in [4.69, 9.17) is 16.6 Å². The lowest BCUT2D eigenvalue weighted by atomic mass is 10.0. The van der Waals surface area contributed by atoms with Crippen LogP contribution in [0.1, 0.15) is 37.3 Å². The summed E-state index contributed by atoms with van der Waals surface area (Å²) >= 11 is 8.49. The summed E-state index contributed by atoms with van der Waals surface area (Å²) in [5, 5.41) is 0.557. The van der Waals surface area contributed by atoms with Gasteiger partial charge in [-0.1, -0.05) is 54.5 Å². The number of thiazole rings is 1. The molecule has 5 rings (SSSR count). The van der Waals surface area contributed by atoms with Gasteiger partial charge < -0.3 is 0 Å². The van der Waals surface area contributed by atoms with Crippen LogP contribution < -0.4 is 4.90 Å². The van der Waals surface area contributed by atoms with Gasteiger partial charge in [-0.2, -0.15) is 4.31 Å². The molecular formula is C25H25ClN4O3S3. The lowest BCUT2D eigenvalue weighted by Gasteiger charge is -2.35. The van der Waals surface area contributed by atoms with Crippen molar-refractivity contribution >= 4 is 65.6 Å². The number of sulfonamides is 1. The standard InChI is InChI=1S/C25H25ClN4O3S3/c1-2-18-8-5-10-20-23(18)28-25(34-20)29(16-17-7-6-13-27-15-17)24(31)19-9-3-4-14-30(19)36(32,33)22-12-11-21(26)35-22/h5-8,10-13,15,19H,2-4,9,14,16H2,1H3. The summed E-state index contributed by atoms with van der Waals surface area (Å²) < 4.78 is 30.0. The fourth-order valence-electron chi connectivity index (χ4n) is 4.48. The minimum absolute atomic E-state index is 0.151. The van der Waals surface area contributed by atoms with E-state index < -0.39 is 16.1 Å². The molecule has 4 heterocycles. The minimum Gasteiger partial charge on any atom is -0.282 e. The van der Waals surface area contributed by atoms with Crippen molar-refractivity contribution in [1.82, 2.24) is 14.3 Å². The summed E-state index contributed by atoms with van der Waals surface area (Å²) in [6, 6.07) is 12.0. The van der Waals surface area contributed by atoms with E-state index in [-0.39, 0.29) is 23.2 Å². The molecule has 1 fully saturated rings. The number of para-hydroxylation sites is 1. The van der Waals surface area contributed by atoms with Crippen LogP contribution in [0.3, 0.4) is 0 Å². The Hall–Kier alpha value is -2.37. The van der Waals surface area contributed by atoms with Gasteiger partial charge >= 0.3 is 0 Å². The molecule has 1 aromatic carbocycles. The van der Waals surface area contributed by atoms with Gasteiger partial charge in [-0.3, -0.25) is 14.7 Å². The Morgan fingerprint density at radius 2 is 2.03 bits per heavy atom. The first-order valence-electron chi connectivity index (χ1n) is 11.7. The number of aromatic nitrogens is 2. The number of hydrogen-bond acceptors (Lipinski definition) is 7. The number of pyridine rings is 1. The molecule has 0 N–H and O–H groups in total. The lowest BCUT2D eigenvalue weighted by molar-refractivity contribution is -0.123. The normalized spacial score (nSPS) is 16.9. The summed E-state index contributed by atoms with van der Waals surface area (Å²) in [5.41, 5.74) is 2.83. The van der Waals surface area contributed by atoms with Gasteiger partial charge in [0.1, 0.15) is 10.3 Å². The number of aryl methyl sites for hydroxylation is 1. The van der Waals surface area contributed by atoms with E-state index in [0.29, 0.717) is 22.3 Å². The number of carbonyl (C=O) groups excluding carboxylic acids is 1. The number of amides is 1. The largest absolute Gasteiger partial charge is 0.282 e. The van der Waals surface area contributed by atoms with Crippen LogP contribution in [0, 0.1) is 0 Å². The van der Waals surface area contributed by atoms with Gasteiger partial charge in [0.05, 0.1) is 21.1 Å². The fraction of sp³-hybridized carbons (Fsp3) is 0.320. The first-order chi connectivity index (χ1) is 17.4. The Labute approximate surface area is 223 Å². The number of piperidine rings is 1. The molecule has 188 valence electrons. The maximum Gasteiger partial charge on any atom is 0.253 e. The molecule has 0 spiro atoms. The van der Waals surface area contributed by atoms with Crippen LogP contribution >= 0.6 is 34.3 Å². The Morgan fingerprint density at radius 3 is 2.75 bits per heavy atom. The summed E-state index contributed by atoms with van der Waals surface area (Å²) in [5.74, 6) is -0.276. The molecule has 0 bridgehead atoms. The Balaban J connectivity index is 1.55. The maximum atomic E-state index is 14.2.